The Kier molecular flexibility index (Phi) is 5.88. The highest BCUT2D eigenvalue weighted by molar-refractivity contribution is 5.77. The molecule has 1 fully saturated rings. The molecule has 3 rings (SSSR count). The fourth-order valence-electron chi connectivity index (χ4n) is 3.00. The minimum atomic E-state index is -0.249. The van der Waals surface area contributed by atoms with Gasteiger partial charge in [-0.1, -0.05) is 30.3 Å². The van der Waals surface area contributed by atoms with Crippen LogP contribution in [0.3, 0.4) is 0 Å². The predicted molar refractivity (Wildman–Crippen MR) is 95.1 cm³/mol. The summed E-state index contributed by atoms with van der Waals surface area (Å²) in [6.07, 6.45) is 3.19. The van der Waals surface area contributed by atoms with Crippen molar-refractivity contribution < 1.29 is 18.7 Å². The zero-order valence-corrected chi connectivity index (χ0v) is 14.8. The fourth-order valence-corrected chi connectivity index (χ4v) is 3.00. The van der Waals surface area contributed by atoms with E-state index in [2.05, 4.69) is 10.3 Å². The number of nitrogens with one attached hydrogen (secondary N) is 1. The Morgan fingerprint density at radius 2 is 2.15 bits per heavy atom. The van der Waals surface area contributed by atoms with Crippen LogP contribution in [-0.4, -0.2) is 41.6 Å². The predicted octanol–water partition coefficient (Wildman–Crippen LogP) is 2.83. The molecule has 7 nitrogen and oxygen atoms in total. The first-order chi connectivity index (χ1) is 12.7. The second-order valence-corrected chi connectivity index (χ2v) is 6.18. The lowest BCUT2D eigenvalue weighted by Crippen LogP contribution is -2.47. The van der Waals surface area contributed by atoms with Gasteiger partial charge in [-0.05, 0) is 19.8 Å². The van der Waals surface area contributed by atoms with Crippen molar-refractivity contribution in [2.24, 2.45) is 5.92 Å². The van der Waals surface area contributed by atoms with Gasteiger partial charge in [-0.25, -0.2) is 9.78 Å². The molecule has 1 aliphatic rings. The number of oxazole rings is 1. The molecule has 7 heteroatoms. The van der Waals surface area contributed by atoms with Gasteiger partial charge < -0.3 is 19.4 Å². The minimum absolute atomic E-state index is 0.201. The lowest BCUT2D eigenvalue weighted by Gasteiger charge is -2.31. The van der Waals surface area contributed by atoms with Crippen molar-refractivity contribution in [1.82, 2.24) is 15.2 Å². The molecule has 2 amide bonds. The summed E-state index contributed by atoms with van der Waals surface area (Å²) in [6.45, 7) is 3.35. The second kappa shape index (κ2) is 8.51. The van der Waals surface area contributed by atoms with Gasteiger partial charge in [-0.3, -0.25) is 4.79 Å². The third-order valence-corrected chi connectivity index (χ3v) is 4.33. The summed E-state index contributed by atoms with van der Waals surface area (Å²) in [7, 11) is 0. The van der Waals surface area contributed by atoms with Gasteiger partial charge in [0, 0.05) is 18.7 Å². The molecule has 0 aliphatic carbocycles. The van der Waals surface area contributed by atoms with E-state index in [0.717, 1.165) is 18.4 Å². The second-order valence-electron chi connectivity index (χ2n) is 6.18. The van der Waals surface area contributed by atoms with Crippen molar-refractivity contribution in [3.8, 4) is 11.3 Å². The Labute approximate surface area is 152 Å². The van der Waals surface area contributed by atoms with Crippen LogP contribution in [0.15, 0.2) is 40.9 Å². The van der Waals surface area contributed by atoms with Crippen LogP contribution in [0.1, 0.15) is 25.7 Å². The van der Waals surface area contributed by atoms with E-state index in [1.165, 1.54) is 0 Å². The van der Waals surface area contributed by atoms with E-state index < -0.39 is 0 Å². The minimum Gasteiger partial charge on any atom is -0.466 e. The van der Waals surface area contributed by atoms with Crippen molar-refractivity contribution >= 4 is 12.0 Å². The number of carbonyl (C=O) groups excluding carboxylic acids is 2. The number of hydrogen-bond donors (Lipinski definition) is 1. The SMILES string of the molecule is CCOC(=O)[C@@H]1CCCN(C(=O)NCc2ncc(-c3ccccc3)o2)C1. The number of benzene rings is 1. The van der Waals surface area contributed by atoms with Crippen molar-refractivity contribution in [2.75, 3.05) is 19.7 Å². The number of esters is 1. The van der Waals surface area contributed by atoms with E-state index in [1.54, 1.807) is 18.0 Å². The number of carbonyl (C=O) groups is 2. The standard InChI is InChI=1S/C19H23N3O4/c1-2-25-18(23)15-9-6-10-22(13-15)19(24)21-12-17-20-11-16(26-17)14-7-4-3-5-8-14/h3-5,7-8,11,15H,2,6,9-10,12-13H2,1H3,(H,21,24)/t15-/m1/s1. The number of ether oxygens (including phenoxy) is 1. The average Bonchev–Trinajstić information content (AvgIpc) is 3.16. The van der Waals surface area contributed by atoms with Gasteiger partial charge >= 0.3 is 12.0 Å². The summed E-state index contributed by atoms with van der Waals surface area (Å²) in [4.78, 5) is 30.1. The molecule has 0 unspecified atom stereocenters. The first-order valence-corrected chi connectivity index (χ1v) is 8.87. The van der Waals surface area contributed by atoms with E-state index in [9.17, 15) is 9.59 Å². The molecule has 0 bridgehead atoms. The normalized spacial score (nSPS) is 17.0. The number of rotatable bonds is 5. The van der Waals surface area contributed by atoms with Crippen LogP contribution in [0.4, 0.5) is 4.79 Å². The highest BCUT2D eigenvalue weighted by Gasteiger charge is 2.29. The Bertz CT molecular complexity index is 744. The Morgan fingerprint density at radius 1 is 1.35 bits per heavy atom. The zero-order valence-electron chi connectivity index (χ0n) is 14.8. The largest absolute Gasteiger partial charge is 0.466 e. The highest BCUT2D eigenvalue weighted by Crippen LogP contribution is 2.20. The fraction of sp³-hybridized carbons (Fsp3) is 0.421. The van der Waals surface area contributed by atoms with Gasteiger partial charge in [0.1, 0.15) is 0 Å². The summed E-state index contributed by atoms with van der Waals surface area (Å²) < 4.78 is 10.7. The molecule has 0 saturated carbocycles. The van der Waals surface area contributed by atoms with Gasteiger partial charge in [0.25, 0.3) is 0 Å². The van der Waals surface area contributed by atoms with E-state index in [-0.39, 0.29) is 24.5 Å². The Morgan fingerprint density at radius 3 is 2.92 bits per heavy atom. The van der Waals surface area contributed by atoms with Crippen molar-refractivity contribution in [3.63, 3.8) is 0 Å². The summed E-state index contributed by atoms with van der Waals surface area (Å²) in [5.74, 6) is 0.623. The van der Waals surface area contributed by atoms with Crippen molar-refractivity contribution in [2.45, 2.75) is 26.3 Å². The van der Waals surface area contributed by atoms with E-state index in [1.807, 2.05) is 30.3 Å². The number of nitrogens with zero attached hydrogens (tertiary/aromatic N) is 2. The van der Waals surface area contributed by atoms with Gasteiger partial charge in [-0.15, -0.1) is 0 Å². The molecule has 1 atom stereocenters. The molecular formula is C19H23N3O4. The van der Waals surface area contributed by atoms with E-state index in [0.29, 0.717) is 31.3 Å². The molecule has 2 heterocycles. The molecule has 1 aliphatic heterocycles. The topological polar surface area (TPSA) is 84.7 Å². The van der Waals surface area contributed by atoms with Crippen LogP contribution >= 0.6 is 0 Å². The van der Waals surface area contributed by atoms with Crippen LogP contribution in [-0.2, 0) is 16.1 Å². The summed E-state index contributed by atoms with van der Waals surface area (Å²) in [6, 6.07) is 9.44. The average molecular weight is 357 g/mol. The Hall–Kier alpha value is -2.83. The lowest BCUT2D eigenvalue weighted by molar-refractivity contribution is -0.149. The van der Waals surface area contributed by atoms with Crippen LogP contribution < -0.4 is 5.32 Å². The number of amides is 2. The molecule has 0 radical (unpaired) electrons. The molecule has 1 saturated heterocycles. The maximum Gasteiger partial charge on any atom is 0.317 e. The third kappa shape index (κ3) is 4.41. The molecule has 26 heavy (non-hydrogen) atoms. The molecule has 1 aromatic heterocycles. The molecular weight excluding hydrogens is 334 g/mol. The van der Waals surface area contributed by atoms with Crippen LogP contribution in [0.5, 0.6) is 0 Å². The lowest BCUT2D eigenvalue weighted by atomic mass is 9.98. The molecule has 138 valence electrons. The number of aromatic nitrogens is 1. The first kappa shape index (κ1) is 18.0. The monoisotopic (exact) mass is 357 g/mol. The molecule has 2 aromatic rings. The quantitative estimate of drug-likeness (QED) is 0.832. The summed E-state index contributed by atoms with van der Waals surface area (Å²) in [5, 5.41) is 2.80. The number of hydrogen-bond acceptors (Lipinski definition) is 5. The van der Waals surface area contributed by atoms with Gasteiger partial charge in [0.05, 0.1) is 25.3 Å². The molecule has 1 N–H and O–H groups in total. The van der Waals surface area contributed by atoms with Crippen LogP contribution in [0, 0.1) is 5.92 Å². The zero-order chi connectivity index (χ0) is 18.4. The molecule has 0 spiro atoms. The van der Waals surface area contributed by atoms with Gasteiger partial charge in [0.2, 0.25) is 5.89 Å². The first-order valence-electron chi connectivity index (χ1n) is 8.87. The van der Waals surface area contributed by atoms with Crippen LogP contribution in [0.2, 0.25) is 0 Å². The number of likely N-dealkylation sites (tertiary alicyclic amines) is 1. The van der Waals surface area contributed by atoms with Crippen LogP contribution in [0.25, 0.3) is 11.3 Å². The van der Waals surface area contributed by atoms with Crippen molar-refractivity contribution in [3.05, 3.63) is 42.4 Å². The number of urea groups is 1. The van der Waals surface area contributed by atoms with E-state index >= 15 is 0 Å². The number of piperidine rings is 1. The summed E-state index contributed by atoms with van der Waals surface area (Å²) >= 11 is 0. The summed E-state index contributed by atoms with van der Waals surface area (Å²) in [5.41, 5.74) is 0.936. The van der Waals surface area contributed by atoms with Gasteiger partial charge in [-0.2, -0.15) is 0 Å². The maximum absolute atomic E-state index is 12.4. The maximum atomic E-state index is 12.4. The van der Waals surface area contributed by atoms with Gasteiger partial charge in [0.15, 0.2) is 5.76 Å². The smallest absolute Gasteiger partial charge is 0.317 e. The third-order valence-electron chi connectivity index (χ3n) is 4.33. The molecule has 1 aromatic carbocycles. The highest BCUT2D eigenvalue weighted by atomic mass is 16.5. The van der Waals surface area contributed by atoms with E-state index in [4.69, 9.17) is 9.15 Å². The Balaban J connectivity index is 1.52. The van der Waals surface area contributed by atoms with Crippen molar-refractivity contribution in [1.29, 1.82) is 0 Å².